The molecule has 3 aliphatic carbocycles. The molecular weight excluding hydrogens is 1450 g/mol. The molecule has 118 heavy (non-hydrogen) atoms. The highest BCUT2D eigenvalue weighted by molar-refractivity contribution is 6.18. The van der Waals surface area contributed by atoms with E-state index < -0.39 is 0 Å². The molecule has 0 radical (unpaired) electrons. The average molecular weight is 1520 g/mol. The zero-order valence-corrected chi connectivity index (χ0v) is 65.2. The lowest BCUT2D eigenvalue weighted by molar-refractivity contribution is 0.663. The van der Waals surface area contributed by atoms with E-state index in [1.165, 1.54) is 105 Å². The van der Waals surface area contributed by atoms with Crippen LogP contribution in [0.3, 0.4) is 0 Å². The molecule has 0 atom stereocenters. The van der Waals surface area contributed by atoms with E-state index in [2.05, 4.69) is 256 Å². The number of rotatable bonds is 6. The summed E-state index contributed by atoms with van der Waals surface area (Å²) < 4.78 is 6.90. The molecule has 11 aromatic heterocycles. The van der Waals surface area contributed by atoms with Crippen LogP contribution in [0.15, 0.2) is 317 Å². The third kappa shape index (κ3) is 10.1. The zero-order chi connectivity index (χ0) is 78.9. The number of aromatic nitrogens is 16. The van der Waals surface area contributed by atoms with Crippen LogP contribution < -0.4 is 0 Å². The molecule has 0 bridgehead atoms. The van der Waals surface area contributed by atoms with Gasteiger partial charge in [0.2, 0.25) is 11.9 Å². The van der Waals surface area contributed by atoms with Crippen molar-refractivity contribution in [1.29, 1.82) is 0 Å². The smallest absolute Gasteiger partial charge is 0.235 e. The van der Waals surface area contributed by atoms with Crippen molar-refractivity contribution in [3.05, 3.63) is 350 Å². The summed E-state index contributed by atoms with van der Waals surface area (Å²) in [4.78, 5) is 62.3. The predicted octanol–water partition coefficient (Wildman–Crippen LogP) is 23.0. The van der Waals surface area contributed by atoms with Gasteiger partial charge in [-0.05, 0) is 135 Å². The molecule has 558 valence electrons. The Balaban J connectivity index is 0.000000104. The van der Waals surface area contributed by atoms with Gasteiger partial charge in [-0.2, -0.15) is 0 Å². The van der Waals surface area contributed by atoms with Crippen molar-refractivity contribution in [3.63, 3.8) is 0 Å². The van der Waals surface area contributed by atoms with E-state index in [1.54, 1.807) is 37.2 Å². The number of nitrogens with zero attached hydrogens (tertiary/aromatic N) is 16. The average Bonchev–Trinajstić information content (AvgIpc) is 1.54. The lowest BCUT2D eigenvalue weighted by Gasteiger charge is -2.24. The van der Waals surface area contributed by atoms with E-state index in [0.29, 0.717) is 11.9 Å². The molecule has 25 rings (SSSR count). The first-order chi connectivity index (χ1) is 57.8. The second-order valence-electron chi connectivity index (χ2n) is 32.2. The van der Waals surface area contributed by atoms with E-state index in [0.717, 1.165) is 111 Å². The Kier molecular flexibility index (Phi) is 15.0. The van der Waals surface area contributed by atoms with Gasteiger partial charge in [0, 0.05) is 138 Å². The Morgan fingerprint density at radius 1 is 0.254 bits per heavy atom. The van der Waals surface area contributed by atoms with Crippen molar-refractivity contribution in [3.8, 4) is 85.0 Å². The fraction of sp³-hybridized carbons (Fsp3) is 0.0882. The Hall–Kier alpha value is -15.3. The SMILES string of the molecule is CC1(C)c2ccc3nccnc3c2-c2ccc3c4ccccc4n(-c4cc(-c5ccccn5)nc(-c5ccccn5)c4)c3c21.CC1(C)c2ccc3nccnc3c2-c2ccc3c4ccccc4n(-c4ncc5ccccc5n4)c3c21.CC1(C)c2ccc3nccnc3c2-c2ccc3c4ccccc4n(-c4nccc(-c5ccccc5)n4)c3c21. The molecule has 16 heteroatoms. The normalized spacial score (nSPS) is 13.7. The molecule has 22 aromatic rings. The van der Waals surface area contributed by atoms with Gasteiger partial charge in [-0.15, -0.1) is 0 Å². The van der Waals surface area contributed by atoms with Gasteiger partial charge < -0.3 is 4.57 Å². The van der Waals surface area contributed by atoms with E-state index in [9.17, 15) is 0 Å². The van der Waals surface area contributed by atoms with Gasteiger partial charge in [-0.3, -0.25) is 49.0 Å². The van der Waals surface area contributed by atoms with Crippen LogP contribution in [0.5, 0.6) is 0 Å². The third-order valence-electron chi connectivity index (χ3n) is 24.6. The highest BCUT2D eigenvalue weighted by Gasteiger charge is 2.44. The van der Waals surface area contributed by atoms with Crippen LogP contribution in [0.2, 0.25) is 0 Å². The van der Waals surface area contributed by atoms with E-state index in [-0.39, 0.29) is 16.2 Å². The van der Waals surface area contributed by atoms with Crippen molar-refractivity contribution in [2.75, 3.05) is 0 Å². The quantitative estimate of drug-likeness (QED) is 0.153. The molecule has 0 unspecified atom stereocenters. The van der Waals surface area contributed by atoms with Crippen LogP contribution in [0, 0.1) is 0 Å². The van der Waals surface area contributed by atoms with E-state index in [4.69, 9.17) is 39.9 Å². The first-order valence-electron chi connectivity index (χ1n) is 39.7. The zero-order valence-electron chi connectivity index (χ0n) is 65.2. The predicted molar refractivity (Wildman–Crippen MR) is 473 cm³/mol. The number of benzene rings is 11. The summed E-state index contributed by atoms with van der Waals surface area (Å²) in [6.07, 6.45) is 18.0. The Morgan fingerprint density at radius 3 is 1.13 bits per heavy atom. The van der Waals surface area contributed by atoms with Gasteiger partial charge in [-0.25, -0.2) is 24.9 Å². The molecule has 3 aliphatic rings. The monoisotopic (exact) mass is 1520 g/mol. The number of para-hydroxylation sites is 4. The Morgan fingerprint density at radius 2 is 0.661 bits per heavy atom. The topological polar surface area (TPSA) is 182 Å². The largest absolute Gasteiger partial charge is 0.309 e. The number of hydrogen-bond acceptors (Lipinski definition) is 13. The first-order valence-corrected chi connectivity index (χ1v) is 39.7. The van der Waals surface area contributed by atoms with Crippen molar-refractivity contribution in [2.24, 2.45) is 0 Å². The maximum atomic E-state index is 5.09. The fourth-order valence-corrected chi connectivity index (χ4v) is 19.5. The van der Waals surface area contributed by atoms with Crippen molar-refractivity contribution in [1.82, 2.24) is 78.5 Å². The Labute approximate surface area is 676 Å². The second kappa shape index (κ2) is 25.9. The maximum absolute atomic E-state index is 5.09. The molecule has 0 fully saturated rings. The molecule has 0 saturated heterocycles. The minimum atomic E-state index is -0.275. The van der Waals surface area contributed by atoms with Gasteiger partial charge in [0.1, 0.15) is 0 Å². The van der Waals surface area contributed by atoms with Crippen LogP contribution in [0.25, 0.3) is 194 Å². The molecular formula is C102H70N16. The molecule has 11 heterocycles. The van der Waals surface area contributed by atoms with Crippen molar-refractivity contribution >= 4 is 109 Å². The van der Waals surface area contributed by atoms with Crippen LogP contribution in [-0.2, 0) is 16.2 Å². The summed E-state index contributed by atoms with van der Waals surface area (Å²) >= 11 is 0. The second-order valence-corrected chi connectivity index (χ2v) is 32.2. The van der Waals surface area contributed by atoms with Crippen LogP contribution >= 0.6 is 0 Å². The lowest BCUT2D eigenvalue weighted by Crippen LogP contribution is -2.17. The summed E-state index contributed by atoms with van der Waals surface area (Å²) in [6, 6.07) is 88.8. The van der Waals surface area contributed by atoms with Crippen molar-refractivity contribution < 1.29 is 0 Å². The fourth-order valence-electron chi connectivity index (χ4n) is 19.5. The van der Waals surface area contributed by atoms with Gasteiger partial charge >= 0.3 is 0 Å². The van der Waals surface area contributed by atoms with Gasteiger partial charge in [0.05, 0.1) is 106 Å². The molecule has 16 nitrogen and oxygen atoms in total. The minimum Gasteiger partial charge on any atom is -0.309 e. The maximum Gasteiger partial charge on any atom is 0.235 e. The lowest BCUT2D eigenvalue weighted by atomic mass is 9.81. The molecule has 0 aliphatic heterocycles. The summed E-state index contributed by atoms with van der Waals surface area (Å²) in [5.74, 6) is 1.35. The van der Waals surface area contributed by atoms with Gasteiger partial charge in [0.15, 0.2) is 0 Å². The molecule has 0 N–H and O–H groups in total. The van der Waals surface area contributed by atoms with E-state index >= 15 is 0 Å². The van der Waals surface area contributed by atoms with Crippen LogP contribution in [-0.4, -0.2) is 78.5 Å². The number of hydrogen-bond donors (Lipinski definition) is 0. The van der Waals surface area contributed by atoms with Crippen LogP contribution in [0.1, 0.15) is 74.9 Å². The molecule has 0 amide bonds. The number of pyridine rings is 3. The summed E-state index contributed by atoms with van der Waals surface area (Å²) in [5, 5.41) is 8.24. The summed E-state index contributed by atoms with van der Waals surface area (Å²) in [6.45, 7) is 13.9. The standard InChI is InChI=1S/C38H26N6.C33H23N5.C31H21N5/c1-38(2)27-15-16-30-36(42-20-19-41-30)34(27)26-14-13-25-24-9-3-4-12-33(24)44(37(25)35(26)38)23-21-31(28-10-5-7-17-39-28)43-32(22-23)29-11-6-8-18-40-29;1-33(2)24-14-15-26-30(35-19-18-34-26)28(24)23-13-12-22-21-10-6-7-11-27(21)38(31(22)29(23)33)32-36-17-16-25(37-32)20-8-4-3-5-9-20;1-31(2)22-13-14-24-28(33-16-15-32-24)26(22)21-12-11-20-19-8-4-6-10-25(19)36(29(20)27(21)31)30-34-17-18-7-3-5-9-23(18)35-30/h3-22H,1-2H3;3-19H,1-2H3;3-17H,1-2H3. The third-order valence-corrected chi connectivity index (χ3v) is 24.6. The van der Waals surface area contributed by atoms with Crippen molar-refractivity contribution in [2.45, 2.75) is 57.8 Å². The molecule has 0 saturated carbocycles. The minimum absolute atomic E-state index is 0.237. The highest BCUT2D eigenvalue weighted by Crippen LogP contribution is 2.58. The van der Waals surface area contributed by atoms with Gasteiger partial charge in [0.25, 0.3) is 0 Å². The molecule has 0 spiro atoms. The summed E-state index contributed by atoms with van der Waals surface area (Å²) in [7, 11) is 0. The molecule has 11 aromatic carbocycles. The van der Waals surface area contributed by atoms with E-state index in [1.807, 2.05) is 104 Å². The van der Waals surface area contributed by atoms with Gasteiger partial charge in [-0.1, -0.05) is 211 Å². The Bertz CT molecular complexity index is 7930. The first kappa shape index (κ1) is 68.3. The highest BCUT2D eigenvalue weighted by atomic mass is 15.2. The number of fused-ring (bicyclic) bond motifs is 28. The van der Waals surface area contributed by atoms with Crippen LogP contribution in [0.4, 0.5) is 0 Å². The summed E-state index contributed by atoms with van der Waals surface area (Å²) in [5.41, 5.74) is 33.6.